The molecule has 1 atom stereocenters. The lowest BCUT2D eigenvalue weighted by Gasteiger charge is -2.35. The summed E-state index contributed by atoms with van der Waals surface area (Å²) in [6.45, 7) is 9.54. The van der Waals surface area contributed by atoms with E-state index >= 15 is 0 Å². The van der Waals surface area contributed by atoms with Gasteiger partial charge in [0.15, 0.2) is 0 Å². The van der Waals surface area contributed by atoms with Crippen molar-refractivity contribution in [2.75, 3.05) is 20.7 Å². The molecule has 0 rings (SSSR count). The number of carbonyl (C=O) groups is 1. The Balaban J connectivity index is 3.96. The van der Waals surface area contributed by atoms with Gasteiger partial charge in [0.05, 0.1) is 13.5 Å². The second kappa shape index (κ2) is 5.35. The lowest BCUT2D eigenvalue weighted by Crippen LogP contribution is -2.40. The van der Waals surface area contributed by atoms with Crippen molar-refractivity contribution in [2.24, 2.45) is 5.41 Å². The van der Waals surface area contributed by atoms with Crippen LogP contribution in [0.4, 0.5) is 0 Å². The average Bonchev–Trinajstić information content (AvgIpc) is 2.10. The number of rotatable bonds is 4. The molecule has 0 aliphatic carbocycles. The molecule has 14 heavy (non-hydrogen) atoms. The Bertz CT molecular complexity index is 184. The van der Waals surface area contributed by atoms with Crippen LogP contribution >= 0.6 is 0 Å². The first-order valence-corrected chi connectivity index (χ1v) is 5.06. The van der Waals surface area contributed by atoms with E-state index < -0.39 is 0 Å². The molecule has 0 bridgehead atoms. The number of methoxy groups -OCH3 is 1. The maximum atomic E-state index is 10.9. The van der Waals surface area contributed by atoms with Crippen LogP contribution in [0.5, 0.6) is 0 Å². The van der Waals surface area contributed by atoms with Crippen molar-refractivity contribution in [2.45, 2.75) is 40.2 Å². The van der Waals surface area contributed by atoms with Gasteiger partial charge in [0, 0.05) is 12.6 Å². The zero-order valence-corrected chi connectivity index (χ0v) is 10.3. The van der Waals surface area contributed by atoms with Crippen LogP contribution in [0.15, 0.2) is 0 Å². The molecule has 3 heteroatoms. The van der Waals surface area contributed by atoms with Gasteiger partial charge in [0.1, 0.15) is 0 Å². The van der Waals surface area contributed by atoms with Gasteiger partial charge < -0.3 is 9.64 Å². The number of hydrogen-bond acceptors (Lipinski definition) is 3. The van der Waals surface area contributed by atoms with E-state index in [0.29, 0.717) is 12.5 Å². The number of hydrogen-bond donors (Lipinski definition) is 0. The number of carbonyl (C=O) groups excluding carboxylic acids is 1. The van der Waals surface area contributed by atoms with Crippen molar-refractivity contribution in [3.63, 3.8) is 0 Å². The highest BCUT2D eigenvalue weighted by atomic mass is 16.5. The van der Waals surface area contributed by atoms with Gasteiger partial charge in [-0.15, -0.1) is 0 Å². The third kappa shape index (κ3) is 4.61. The Morgan fingerprint density at radius 3 is 2.29 bits per heavy atom. The molecule has 0 aliphatic rings. The van der Waals surface area contributed by atoms with Crippen LogP contribution in [0, 0.1) is 5.41 Å². The standard InChI is InChI=1S/C11H23NO2/c1-9(11(2,3)4)12(5)8-7-10(13)14-6/h9H,7-8H2,1-6H3. The highest BCUT2D eigenvalue weighted by Crippen LogP contribution is 2.22. The molecular weight excluding hydrogens is 178 g/mol. The van der Waals surface area contributed by atoms with Crippen molar-refractivity contribution < 1.29 is 9.53 Å². The lowest BCUT2D eigenvalue weighted by atomic mass is 9.87. The van der Waals surface area contributed by atoms with E-state index in [1.54, 1.807) is 0 Å². The van der Waals surface area contributed by atoms with E-state index in [0.717, 1.165) is 6.54 Å². The van der Waals surface area contributed by atoms with Crippen molar-refractivity contribution >= 4 is 5.97 Å². The minimum absolute atomic E-state index is 0.141. The van der Waals surface area contributed by atoms with Crippen LogP contribution in [0.2, 0.25) is 0 Å². The fourth-order valence-electron chi connectivity index (χ4n) is 1.22. The summed E-state index contributed by atoms with van der Waals surface area (Å²) < 4.78 is 4.60. The molecule has 0 fully saturated rings. The first-order chi connectivity index (χ1) is 6.29. The van der Waals surface area contributed by atoms with Crippen molar-refractivity contribution in [3.05, 3.63) is 0 Å². The molecule has 0 aromatic carbocycles. The first-order valence-electron chi connectivity index (χ1n) is 5.06. The first kappa shape index (κ1) is 13.4. The van der Waals surface area contributed by atoms with E-state index in [4.69, 9.17) is 0 Å². The van der Waals surface area contributed by atoms with E-state index in [1.807, 2.05) is 7.05 Å². The van der Waals surface area contributed by atoms with Crippen LogP contribution in [0.3, 0.4) is 0 Å². The number of nitrogens with zero attached hydrogens (tertiary/aromatic N) is 1. The summed E-state index contributed by atoms with van der Waals surface area (Å²) in [6, 6.07) is 0.451. The predicted octanol–water partition coefficient (Wildman–Crippen LogP) is 1.92. The smallest absolute Gasteiger partial charge is 0.306 e. The van der Waals surface area contributed by atoms with Crippen LogP contribution in [0.1, 0.15) is 34.1 Å². The molecule has 1 unspecified atom stereocenters. The molecule has 0 aromatic rings. The molecule has 3 nitrogen and oxygen atoms in total. The monoisotopic (exact) mass is 201 g/mol. The summed E-state index contributed by atoms with van der Waals surface area (Å²) in [5.41, 5.74) is 0.241. The minimum Gasteiger partial charge on any atom is -0.469 e. The molecule has 0 saturated heterocycles. The number of ether oxygens (including phenoxy) is 1. The maximum Gasteiger partial charge on any atom is 0.306 e. The van der Waals surface area contributed by atoms with Crippen LogP contribution in [-0.4, -0.2) is 37.6 Å². The predicted molar refractivity (Wildman–Crippen MR) is 58.2 cm³/mol. The molecule has 0 aliphatic heterocycles. The molecule has 0 amide bonds. The fraction of sp³-hybridized carbons (Fsp3) is 0.909. The Hall–Kier alpha value is -0.570. The Morgan fingerprint density at radius 1 is 1.43 bits per heavy atom. The highest BCUT2D eigenvalue weighted by Gasteiger charge is 2.23. The Labute approximate surface area is 87.4 Å². The third-order valence-corrected chi connectivity index (χ3v) is 2.81. The van der Waals surface area contributed by atoms with Gasteiger partial charge in [-0.3, -0.25) is 4.79 Å². The summed E-state index contributed by atoms with van der Waals surface area (Å²) in [7, 11) is 3.47. The van der Waals surface area contributed by atoms with Crippen LogP contribution in [-0.2, 0) is 9.53 Å². The van der Waals surface area contributed by atoms with Gasteiger partial charge in [-0.1, -0.05) is 20.8 Å². The van der Waals surface area contributed by atoms with Gasteiger partial charge in [0.2, 0.25) is 0 Å². The summed E-state index contributed by atoms with van der Waals surface area (Å²) in [4.78, 5) is 13.1. The summed E-state index contributed by atoms with van der Waals surface area (Å²) in [6.07, 6.45) is 0.466. The fourth-order valence-corrected chi connectivity index (χ4v) is 1.22. The number of esters is 1. The molecule has 0 aromatic heterocycles. The Kier molecular flexibility index (Phi) is 5.13. The van der Waals surface area contributed by atoms with Gasteiger partial charge >= 0.3 is 5.97 Å². The zero-order chi connectivity index (χ0) is 11.4. The molecule has 0 heterocycles. The van der Waals surface area contributed by atoms with E-state index in [1.165, 1.54) is 7.11 Å². The third-order valence-electron chi connectivity index (χ3n) is 2.81. The molecule has 84 valence electrons. The normalized spacial score (nSPS) is 14.2. The van der Waals surface area contributed by atoms with E-state index in [2.05, 4.69) is 37.3 Å². The van der Waals surface area contributed by atoms with Crippen LogP contribution in [0.25, 0.3) is 0 Å². The summed E-state index contributed by atoms with van der Waals surface area (Å²) >= 11 is 0. The highest BCUT2D eigenvalue weighted by molar-refractivity contribution is 5.69. The van der Waals surface area contributed by atoms with E-state index in [9.17, 15) is 4.79 Å². The minimum atomic E-state index is -0.141. The molecule has 0 N–H and O–H groups in total. The summed E-state index contributed by atoms with van der Waals surface area (Å²) in [5.74, 6) is -0.141. The van der Waals surface area contributed by atoms with E-state index in [-0.39, 0.29) is 11.4 Å². The van der Waals surface area contributed by atoms with Crippen LogP contribution < -0.4 is 0 Å². The Morgan fingerprint density at radius 2 is 1.93 bits per heavy atom. The van der Waals surface area contributed by atoms with Gasteiger partial charge in [-0.2, -0.15) is 0 Å². The SMILES string of the molecule is COC(=O)CCN(C)C(C)C(C)(C)C. The lowest BCUT2D eigenvalue weighted by molar-refractivity contribution is -0.141. The molecule has 0 radical (unpaired) electrons. The second-order valence-electron chi connectivity index (χ2n) is 4.85. The molecular formula is C11H23NO2. The largest absolute Gasteiger partial charge is 0.469 e. The van der Waals surface area contributed by atoms with Crippen molar-refractivity contribution in [3.8, 4) is 0 Å². The van der Waals surface area contributed by atoms with Crippen molar-refractivity contribution in [1.82, 2.24) is 4.90 Å². The van der Waals surface area contributed by atoms with Gasteiger partial charge in [-0.25, -0.2) is 0 Å². The topological polar surface area (TPSA) is 29.5 Å². The molecule has 0 saturated carbocycles. The quantitative estimate of drug-likeness (QED) is 0.651. The zero-order valence-electron chi connectivity index (χ0n) is 10.3. The average molecular weight is 201 g/mol. The second-order valence-corrected chi connectivity index (χ2v) is 4.85. The van der Waals surface area contributed by atoms with Crippen molar-refractivity contribution in [1.29, 1.82) is 0 Å². The maximum absolute atomic E-state index is 10.9. The summed E-state index contributed by atoms with van der Waals surface area (Å²) in [5, 5.41) is 0. The van der Waals surface area contributed by atoms with Gasteiger partial charge in [-0.05, 0) is 19.4 Å². The molecule has 0 spiro atoms. The van der Waals surface area contributed by atoms with Gasteiger partial charge in [0.25, 0.3) is 0 Å².